The molecule has 1 fully saturated rings. The lowest BCUT2D eigenvalue weighted by atomic mass is 9.93. The Morgan fingerprint density at radius 1 is 1.21 bits per heavy atom. The zero-order valence-corrected chi connectivity index (χ0v) is 14.9. The quantitative estimate of drug-likeness (QED) is 0.899. The van der Waals surface area contributed by atoms with Crippen LogP contribution in [-0.2, 0) is 0 Å². The van der Waals surface area contributed by atoms with Crippen LogP contribution in [0.5, 0.6) is 5.75 Å². The maximum absolute atomic E-state index is 10.1. The second-order valence-electron chi connectivity index (χ2n) is 6.64. The normalized spacial score (nSPS) is 25.7. The molecule has 24 heavy (non-hydrogen) atoms. The largest absolute Gasteiger partial charge is 0.507 e. The first-order valence-corrected chi connectivity index (χ1v) is 9.14. The van der Waals surface area contributed by atoms with Crippen molar-refractivity contribution in [2.45, 2.75) is 38.1 Å². The Balaban J connectivity index is 1.81. The van der Waals surface area contributed by atoms with Crippen LogP contribution < -0.4 is 0 Å². The van der Waals surface area contributed by atoms with Gasteiger partial charge in [-0.1, -0.05) is 36.9 Å². The number of fused-ring (bicyclic) bond motifs is 1. The van der Waals surface area contributed by atoms with Crippen LogP contribution in [0, 0.1) is 13.8 Å². The predicted molar refractivity (Wildman–Crippen MR) is 98.5 cm³/mol. The summed E-state index contributed by atoms with van der Waals surface area (Å²) in [6, 6.07) is 10.3. The van der Waals surface area contributed by atoms with Gasteiger partial charge in [0.2, 0.25) is 0 Å². The fourth-order valence-corrected chi connectivity index (χ4v) is 4.73. The van der Waals surface area contributed by atoms with Crippen molar-refractivity contribution in [3.05, 3.63) is 58.9 Å². The molecule has 0 amide bonds. The van der Waals surface area contributed by atoms with Gasteiger partial charge in [-0.15, -0.1) is 0 Å². The second kappa shape index (κ2) is 5.81. The van der Waals surface area contributed by atoms with Crippen LogP contribution >= 0.6 is 11.8 Å². The molecule has 1 aromatic heterocycles. The molecule has 5 heteroatoms. The van der Waals surface area contributed by atoms with Gasteiger partial charge in [-0.2, -0.15) is 0 Å². The molecule has 1 saturated heterocycles. The summed E-state index contributed by atoms with van der Waals surface area (Å²) in [7, 11) is 0. The molecule has 0 spiro atoms. The third kappa shape index (κ3) is 2.47. The van der Waals surface area contributed by atoms with Gasteiger partial charge in [0.05, 0.1) is 11.7 Å². The van der Waals surface area contributed by atoms with E-state index in [1.54, 1.807) is 0 Å². The van der Waals surface area contributed by atoms with Gasteiger partial charge in [-0.25, -0.2) is 0 Å². The number of hydrogen-bond acceptors (Lipinski definition) is 5. The van der Waals surface area contributed by atoms with Gasteiger partial charge in [0.1, 0.15) is 11.8 Å². The molecule has 0 saturated carbocycles. The Kier molecular flexibility index (Phi) is 3.76. The number of aromatic hydroxyl groups is 1. The summed E-state index contributed by atoms with van der Waals surface area (Å²) in [5.41, 5.74) is 4.03. The fourth-order valence-electron chi connectivity index (χ4n) is 3.64. The second-order valence-corrected chi connectivity index (χ2v) is 8.05. The summed E-state index contributed by atoms with van der Waals surface area (Å²) >= 11 is 1.84. The van der Waals surface area contributed by atoms with E-state index in [0.29, 0.717) is 11.0 Å². The van der Waals surface area contributed by atoms with Crippen LogP contribution in [0.1, 0.15) is 41.4 Å². The highest BCUT2D eigenvalue weighted by atomic mass is 32.2. The first kappa shape index (κ1) is 15.5. The average molecular weight is 339 g/mol. The highest BCUT2D eigenvalue weighted by Gasteiger charge is 2.43. The third-order valence-electron chi connectivity index (χ3n) is 4.74. The summed E-state index contributed by atoms with van der Waals surface area (Å²) in [5.74, 6) is 0.386. The fraction of sp³-hybridized carbons (Fsp3) is 0.368. The molecule has 0 radical (unpaired) electrons. The van der Waals surface area contributed by atoms with E-state index in [2.05, 4.69) is 35.0 Å². The lowest BCUT2D eigenvalue weighted by Crippen LogP contribution is -2.28. The summed E-state index contributed by atoms with van der Waals surface area (Å²) in [4.78, 5) is 11.9. The molecule has 0 aliphatic carbocycles. The summed E-state index contributed by atoms with van der Waals surface area (Å²) in [6.45, 7) is 7.15. The third-order valence-corrected chi connectivity index (χ3v) is 5.84. The van der Waals surface area contributed by atoms with Gasteiger partial charge in [0.15, 0.2) is 5.17 Å². The molecule has 2 aromatic rings. The Labute approximate surface area is 146 Å². The highest BCUT2D eigenvalue weighted by Crippen LogP contribution is 2.48. The molecular formula is C19H21N3OS. The highest BCUT2D eigenvalue weighted by molar-refractivity contribution is 8.14. The van der Waals surface area contributed by atoms with Crippen LogP contribution in [-0.4, -0.2) is 32.0 Å². The van der Waals surface area contributed by atoms with Crippen LogP contribution in [0.25, 0.3) is 0 Å². The minimum atomic E-state index is 0.00421. The van der Waals surface area contributed by atoms with Crippen molar-refractivity contribution in [1.82, 2.24) is 9.88 Å². The minimum absolute atomic E-state index is 0.00421. The number of thioether (sulfide) groups is 1. The van der Waals surface area contributed by atoms with E-state index >= 15 is 0 Å². The number of phenols is 1. The average Bonchev–Trinajstić information content (AvgIpc) is 3.08. The number of phenolic OH excluding ortho intramolecular Hbond substituents is 1. The first-order chi connectivity index (χ1) is 11.5. The number of aryl methyl sites for hydroxylation is 2. The van der Waals surface area contributed by atoms with Gasteiger partial charge < -0.3 is 10.0 Å². The zero-order valence-electron chi connectivity index (χ0n) is 14.1. The molecule has 1 N–H and O–H groups in total. The number of pyridine rings is 1. The van der Waals surface area contributed by atoms with Gasteiger partial charge >= 0.3 is 0 Å². The van der Waals surface area contributed by atoms with Gasteiger partial charge in [0.25, 0.3) is 0 Å². The zero-order chi connectivity index (χ0) is 16.8. The van der Waals surface area contributed by atoms with Gasteiger partial charge in [-0.05, 0) is 42.7 Å². The van der Waals surface area contributed by atoms with Crippen LogP contribution in [0.15, 0.2) is 41.5 Å². The number of aliphatic imine (C=N–C) groups is 1. The monoisotopic (exact) mass is 339 g/mol. The van der Waals surface area contributed by atoms with Crippen LogP contribution in [0.3, 0.4) is 0 Å². The standard InChI is InChI=1S/C19H21N3OS/c1-11-8-14(9-12(2)18(11)23)17-16(15-6-4-5-7-20-15)21-19-22(17)10-13(3)24-19/h4-9,13,16-17,23H,10H2,1-3H3/t13-,16-,17+/m0/s1. The summed E-state index contributed by atoms with van der Waals surface area (Å²) in [5, 5.41) is 11.8. The number of amidine groups is 1. The predicted octanol–water partition coefficient (Wildman–Crippen LogP) is 3.99. The van der Waals surface area contributed by atoms with E-state index in [0.717, 1.165) is 28.5 Å². The number of benzene rings is 1. The topological polar surface area (TPSA) is 48.7 Å². The van der Waals surface area contributed by atoms with Crippen molar-refractivity contribution in [2.75, 3.05) is 6.54 Å². The van der Waals surface area contributed by atoms with E-state index in [9.17, 15) is 5.11 Å². The molecule has 2 aliphatic heterocycles. The van der Waals surface area contributed by atoms with Crippen molar-refractivity contribution in [3.63, 3.8) is 0 Å². The molecule has 124 valence electrons. The van der Waals surface area contributed by atoms with E-state index < -0.39 is 0 Å². The lowest BCUT2D eigenvalue weighted by molar-refractivity contribution is 0.320. The van der Waals surface area contributed by atoms with E-state index in [1.165, 1.54) is 5.56 Å². The lowest BCUT2D eigenvalue weighted by Gasteiger charge is -2.28. The molecule has 2 aliphatic rings. The van der Waals surface area contributed by atoms with E-state index in [1.807, 2.05) is 43.9 Å². The van der Waals surface area contributed by atoms with Crippen molar-refractivity contribution >= 4 is 16.9 Å². The molecule has 3 atom stereocenters. The van der Waals surface area contributed by atoms with Crippen molar-refractivity contribution < 1.29 is 5.11 Å². The minimum Gasteiger partial charge on any atom is -0.507 e. The Bertz CT molecular complexity index is 783. The van der Waals surface area contributed by atoms with Gasteiger partial charge in [-0.3, -0.25) is 9.98 Å². The Morgan fingerprint density at radius 3 is 2.62 bits per heavy atom. The van der Waals surface area contributed by atoms with Crippen molar-refractivity contribution in [2.24, 2.45) is 4.99 Å². The number of nitrogens with zero attached hydrogens (tertiary/aromatic N) is 3. The summed E-state index contributed by atoms with van der Waals surface area (Å²) < 4.78 is 0. The molecule has 3 heterocycles. The SMILES string of the molecule is Cc1cc([C@@H]2[C@H](c3ccccn3)N=C3S[C@@H](C)CN32)cc(C)c1O. The maximum atomic E-state index is 10.1. The number of hydrogen-bond donors (Lipinski definition) is 1. The molecule has 0 bridgehead atoms. The van der Waals surface area contributed by atoms with Crippen molar-refractivity contribution in [1.29, 1.82) is 0 Å². The van der Waals surface area contributed by atoms with Crippen LogP contribution in [0.4, 0.5) is 0 Å². The van der Waals surface area contributed by atoms with Gasteiger partial charge in [0, 0.05) is 18.0 Å². The molecule has 1 aromatic carbocycles. The Hall–Kier alpha value is -2.01. The molecule has 4 rings (SSSR count). The molecule has 4 nitrogen and oxygen atoms in total. The number of rotatable bonds is 2. The maximum Gasteiger partial charge on any atom is 0.160 e. The van der Waals surface area contributed by atoms with E-state index in [-0.39, 0.29) is 12.1 Å². The van der Waals surface area contributed by atoms with Crippen molar-refractivity contribution in [3.8, 4) is 5.75 Å². The first-order valence-electron chi connectivity index (χ1n) is 8.26. The summed E-state index contributed by atoms with van der Waals surface area (Å²) in [6.07, 6.45) is 1.83. The number of aromatic nitrogens is 1. The van der Waals surface area contributed by atoms with E-state index in [4.69, 9.17) is 4.99 Å². The molecule has 0 unspecified atom stereocenters. The van der Waals surface area contributed by atoms with Crippen LogP contribution in [0.2, 0.25) is 0 Å². The Morgan fingerprint density at radius 2 is 1.96 bits per heavy atom. The smallest absolute Gasteiger partial charge is 0.160 e. The molecular weight excluding hydrogens is 318 g/mol.